The zero-order valence-electron chi connectivity index (χ0n) is 22.8. The highest BCUT2D eigenvalue weighted by Gasteiger charge is 2.34. The van der Waals surface area contributed by atoms with Crippen LogP contribution < -0.4 is 9.62 Å². The molecule has 2 amide bonds. The summed E-state index contributed by atoms with van der Waals surface area (Å²) in [5.41, 5.74) is 2.02. The minimum atomic E-state index is -4.16. The molecule has 0 saturated carbocycles. The molecule has 7 nitrogen and oxygen atoms in total. The quantitative estimate of drug-likeness (QED) is 0.315. The van der Waals surface area contributed by atoms with E-state index < -0.39 is 28.5 Å². The van der Waals surface area contributed by atoms with E-state index in [0.717, 1.165) is 15.4 Å². The molecule has 3 aromatic carbocycles. The number of amides is 2. The number of rotatable bonds is 12. The molecule has 9 heteroatoms. The van der Waals surface area contributed by atoms with Crippen molar-refractivity contribution in [1.29, 1.82) is 0 Å². The number of hydrogen-bond donors (Lipinski definition) is 1. The highest BCUT2D eigenvalue weighted by Crippen LogP contribution is 2.31. The van der Waals surface area contributed by atoms with Crippen LogP contribution >= 0.6 is 11.6 Å². The Labute approximate surface area is 236 Å². The Balaban J connectivity index is 2.06. The van der Waals surface area contributed by atoms with Crippen molar-refractivity contribution in [3.05, 3.63) is 95.0 Å². The number of para-hydroxylation sites is 1. The fraction of sp³-hybridized carbons (Fsp3) is 0.333. The lowest BCUT2D eigenvalue weighted by atomic mass is 10.1. The van der Waals surface area contributed by atoms with Crippen LogP contribution in [0.25, 0.3) is 0 Å². The Hall–Kier alpha value is -3.36. The van der Waals surface area contributed by atoms with Crippen molar-refractivity contribution >= 4 is 39.1 Å². The second-order valence-corrected chi connectivity index (χ2v) is 12.1. The monoisotopic (exact) mass is 569 g/mol. The van der Waals surface area contributed by atoms with E-state index in [1.54, 1.807) is 42.5 Å². The average Bonchev–Trinajstić information content (AvgIpc) is 2.92. The van der Waals surface area contributed by atoms with E-state index in [1.807, 2.05) is 52.0 Å². The maximum atomic E-state index is 14.1. The standard InChI is InChI=1S/C30H36ClN3O4S/c1-5-27(30(36)32-19-22(2)3)33(20-24-14-10-9-13-23(24)4)29(35)21-34(28-18-12-11-17-26(28)31)39(37,38)25-15-7-6-8-16-25/h6-18,22,27H,5,19-21H2,1-4H3,(H,32,36). The Bertz CT molecular complexity index is 1380. The third kappa shape index (κ3) is 7.61. The Morgan fingerprint density at radius 2 is 1.54 bits per heavy atom. The van der Waals surface area contributed by atoms with E-state index in [1.165, 1.54) is 17.0 Å². The van der Waals surface area contributed by atoms with Gasteiger partial charge >= 0.3 is 0 Å². The summed E-state index contributed by atoms with van der Waals surface area (Å²) in [6.07, 6.45) is 0.360. The molecule has 0 spiro atoms. The van der Waals surface area contributed by atoms with Crippen LogP contribution in [0, 0.1) is 12.8 Å². The number of nitrogens with zero attached hydrogens (tertiary/aromatic N) is 2. The van der Waals surface area contributed by atoms with Gasteiger partial charge < -0.3 is 10.2 Å². The normalized spacial score (nSPS) is 12.2. The van der Waals surface area contributed by atoms with Crippen LogP contribution in [0.5, 0.6) is 0 Å². The third-order valence-corrected chi connectivity index (χ3v) is 8.50. The number of nitrogens with one attached hydrogen (secondary N) is 1. The summed E-state index contributed by atoms with van der Waals surface area (Å²) in [6.45, 7) is 7.86. The molecule has 0 aromatic heterocycles. The van der Waals surface area contributed by atoms with Gasteiger partial charge in [-0.15, -0.1) is 0 Å². The summed E-state index contributed by atoms with van der Waals surface area (Å²) < 4.78 is 28.7. The zero-order valence-corrected chi connectivity index (χ0v) is 24.4. The molecule has 1 unspecified atom stereocenters. The fourth-order valence-electron chi connectivity index (χ4n) is 4.20. The van der Waals surface area contributed by atoms with Gasteiger partial charge in [0.05, 0.1) is 15.6 Å². The van der Waals surface area contributed by atoms with Crippen LogP contribution in [-0.4, -0.2) is 44.3 Å². The first-order chi connectivity index (χ1) is 18.6. The molecular weight excluding hydrogens is 534 g/mol. The van der Waals surface area contributed by atoms with Gasteiger partial charge in [0.1, 0.15) is 12.6 Å². The summed E-state index contributed by atoms with van der Waals surface area (Å²) in [4.78, 5) is 28.8. The molecule has 0 radical (unpaired) electrons. The maximum Gasteiger partial charge on any atom is 0.264 e. The Morgan fingerprint density at radius 1 is 0.923 bits per heavy atom. The second kappa shape index (κ2) is 13.6. The van der Waals surface area contributed by atoms with Gasteiger partial charge in [-0.3, -0.25) is 13.9 Å². The molecule has 0 aliphatic heterocycles. The molecule has 0 saturated heterocycles. The first-order valence-corrected chi connectivity index (χ1v) is 14.8. The predicted molar refractivity (Wildman–Crippen MR) is 156 cm³/mol. The van der Waals surface area contributed by atoms with Crippen molar-refractivity contribution in [2.75, 3.05) is 17.4 Å². The smallest absolute Gasteiger partial charge is 0.264 e. The number of halogens is 1. The summed E-state index contributed by atoms with van der Waals surface area (Å²) in [5.74, 6) is -0.550. The third-order valence-electron chi connectivity index (χ3n) is 6.40. The number of aryl methyl sites for hydroxylation is 1. The van der Waals surface area contributed by atoms with Gasteiger partial charge in [0.2, 0.25) is 11.8 Å². The molecule has 0 aliphatic carbocycles. The van der Waals surface area contributed by atoms with Crippen molar-refractivity contribution in [2.45, 2.75) is 51.6 Å². The summed E-state index contributed by atoms with van der Waals surface area (Å²) in [6, 6.07) is 21.2. The van der Waals surface area contributed by atoms with Crippen LogP contribution in [0.15, 0.2) is 83.8 Å². The van der Waals surface area contributed by atoms with Crippen LogP contribution in [0.4, 0.5) is 5.69 Å². The van der Waals surface area contributed by atoms with Crippen LogP contribution in [-0.2, 0) is 26.2 Å². The predicted octanol–water partition coefficient (Wildman–Crippen LogP) is 5.42. The highest BCUT2D eigenvalue weighted by atomic mass is 35.5. The topological polar surface area (TPSA) is 86.8 Å². The Morgan fingerprint density at radius 3 is 2.15 bits per heavy atom. The lowest BCUT2D eigenvalue weighted by molar-refractivity contribution is -0.140. The number of hydrogen-bond acceptors (Lipinski definition) is 4. The largest absolute Gasteiger partial charge is 0.354 e. The van der Waals surface area contributed by atoms with Crippen molar-refractivity contribution in [3.63, 3.8) is 0 Å². The minimum absolute atomic E-state index is 0.0323. The van der Waals surface area contributed by atoms with Crippen molar-refractivity contribution in [2.24, 2.45) is 5.92 Å². The van der Waals surface area contributed by atoms with E-state index in [0.29, 0.717) is 13.0 Å². The molecule has 0 heterocycles. The van der Waals surface area contributed by atoms with Crippen LogP contribution in [0.1, 0.15) is 38.3 Å². The molecule has 0 bridgehead atoms. The van der Waals surface area contributed by atoms with Gasteiger partial charge in [-0.25, -0.2) is 8.42 Å². The van der Waals surface area contributed by atoms with Crippen LogP contribution in [0.3, 0.4) is 0 Å². The molecule has 3 rings (SSSR count). The second-order valence-electron chi connectivity index (χ2n) is 9.79. The number of carbonyl (C=O) groups excluding carboxylic acids is 2. The molecule has 0 aliphatic rings. The first-order valence-electron chi connectivity index (χ1n) is 13.0. The van der Waals surface area contributed by atoms with Gasteiger partial charge in [0.25, 0.3) is 10.0 Å². The summed E-state index contributed by atoms with van der Waals surface area (Å²) in [7, 11) is -4.16. The number of benzene rings is 3. The highest BCUT2D eigenvalue weighted by molar-refractivity contribution is 7.92. The summed E-state index contributed by atoms with van der Waals surface area (Å²) in [5, 5.41) is 3.12. The number of carbonyl (C=O) groups is 2. The maximum absolute atomic E-state index is 14.1. The van der Waals surface area contributed by atoms with E-state index in [4.69, 9.17) is 11.6 Å². The number of anilines is 1. The van der Waals surface area contributed by atoms with E-state index in [-0.39, 0.29) is 34.0 Å². The molecule has 1 atom stereocenters. The Kier molecular flexibility index (Phi) is 10.5. The molecule has 0 fully saturated rings. The fourth-order valence-corrected chi connectivity index (χ4v) is 5.94. The minimum Gasteiger partial charge on any atom is -0.354 e. The van der Waals surface area contributed by atoms with Gasteiger partial charge in [-0.1, -0.05) is 87.0 Å². The molecule has 39 heavy (non-hydrogen) atoms. The molecule has 3 aromatic rings. The van der Waals surface area contributed by atoms with Gasteiger partial charge in [-0.05, 0) is 54.7 Å². The van der Waals surface area contributed by atoms with Crippen molar-refractivity contribution < 1.29 is 18.0 Å². The summed E-state index contributed by atoms with van der Waals surface area (Å²) >= 11 is 6.44. The molecule has 208 valence electrons. The number of sulfonamides is 1. The van der Waals surface area contributed by atoms with Crippen molar-refractivity contribution in [3.8, 4) is 0 Å². The SMILES string of the molecule is CCC(C(=O)NCC(C)C)N(Cc1ccccc1C)C(=O)CN(c1ccccc1Cl)S(=O)(=O)c1ccccc1. The first kappa shape index (κ1) is 30.2. The van der Waals surface area contributed by atoms with Gasteiger partial charge in [-0.2, -0.15) is 0 Å². The average molecular weight is 570 g/mol. The lowest BCUT2D eigenvalue weighted by Crippen LogP contribution is -2.52. The van der Waals surface area contributed by atoms with Gasteiger partial charge in [0.15, 0.2) is 0 Å². The molecule has 1 N–H and O–H groups in total. The van der Waals surface area contributed by atoms with E-state index in [9.17, 15) is 18.0 Å². The zero-order chi connectivity index (χ0) is 28.6. The van der Waals surface area contributed by atoms with Gasteiger partial charge in [0, 0.05) is 13.1 Å². The lowest BCUT2D eigenvalue weighted by Gasteiger charge is -2.33. The van der Waals surface area contributed by atoms with E-state index in [2.05, 4.69) is 5.32 Å². The van der Waals surface area contributed by atoms with Crippen LogP contribution in [0.2, 0.25) is 5.02 Å². The molecular formula is C30H36ClN3O4S. The van der Waals surface area contributed by atoms with E-state index >= 15 is 0 Å². The van der Waals surface area contributed by atoms with Crippen molar-refractivity contribution in [1.82, 2.24) is 10.2 Å².